The quantitative estimate of drug-likeness (QED) is 0.793. The van der Waals surface area contributed by atoms with Crippen molar-refractivity contribution in [1.82, 2.24) is 9.97 Å². The molecule has 5 nitrogen and oxygen atoms in total. The standard InChI is InChI=1S/C11H10BrN3O2/c1-6-3-2-4-7(9(6)12)14-10(16)8-5-13-11(17)15-8/h2-5H,1H3,(H,14,16)(H2,13,15,17). The highest BCUT2D eigenvalue weighted by Crippen LogP contribution is 2.25. The molecule has 1 aromatic heterocycles. The number of carbonyl (C=O) groups excluding carboxylic acids is 1. The van der Waals surface area contributed by atoms with Crippen molar-refractivity contribution in [1.29, 1.82) is 0 Å². The molecule has 0 aliphatic heterocycles. The van der Waals surface area contributed by atoms with Gasteiger partial charge in [-0.3, -0.25) is 4.79 Å². The summed E-state index contributed by atoms with van der Waals surface area (Å²) in [5, 5.41) is 2.70. The van der Waals surface area contributed by atoms with Gasteiger partial charge in [0.2, 0.25) is 0 Å². The van der Waals surface area contributed by atoms with Crippen molar-refractivity contribution in [2.75, 3.05) is 5.32 Å². The van der Waals surface area contributed by atoms with Gasteiger partial charge in [-0.2, -0.15) is 0 Å². The molecule has 1 heterocycles. The molecular weight excluding hydrogens is 286 g/mol. The second-order valence-corrected chi connectivity index (χ2v) is 4.34. The number of amides is 1. The Hall–Kier alpha value is -1.82. The minimum absolute atomic E-state index is 0.198. The molecule has 0 aliphatic carbocycles. The van der Waals surface area contributed by atoms with E-state index in [0.29, 0.717) is 5.69 Å². The molecule has 0 radical (unpaired) electrons. The number of aromatic nitrogens is 2. The Bertz CT molecular complexity index is 615. The van der Waals surface area contributed by atoms with Gasteiger partial charge in [-0.25, -0.2) is 4.79 Å². The summed E-state index contributed by atoms with van der Waals surface area (Å²) in [6.07, 6.45) is 1.33. The van der Waals surface area contributed by atoms with E-state index in [0.717, 1.165) is 10.0 Å². The molecule has 0 aliphatic rings. The monoisotopic (exact) mass is 295 g/mol. The van der Waals surface area contributed by atoms with Gasteiger partial charge < -0.3 is 15.3 Å². The molecule has 2 rings (SSSR count). The minimum atomic E-state index is -0.404. The van der Waals surface area contributed by atoms with Gasteiger partial charge in [0, 0.05) is 10.7 Å². The highest BCUT2D eigenvalue weighted by atomic mass is 79.9. The molecule has 0 atom stereocenters. The third-order valence-electron chi connectivity index (χ3n) is 2.28. The van der Waals surface area contributed by atoms with Crippen LogP contribution < -0.4 is 11.0 Å². The van der Waals surface area contributed by atoms with Gasteiger partial charge in [0.1, 0.15) is 5.69 Å². The van der Waals surface area contributed by atoms with Crippen LogP contribution in [-0.2, 0) is 0 Å². The number of anilines is 1. The van der Waals surface area contributed by atoms with E-state index in [1.165, 1.54) is 6.20 Å². The molecule has 3 N–H and O–H groups in total. The number of hydrogen-bond acceptors (Lipinski definition) is 2. The summed E-state index contributed by atoms with van der Waals surface area (Å²) in [7, 11) is 0. The lowest BCUT2D eigenvalue weighted by Crippen LogP contribution is -2.14. The molecule has 0 saturated heterocycles. The minimum Gasteiger partial charge on any atom is -0.320 e. The summed E-state index contributed by atoms with van der Waals surface area (Å²) in [4.78, 5) is 27.4. The van der Waals surface area contributed by atoms with Crippen LogP contribution in [-0.4, -0.2) is 15.9 Å². The number of imidazole rings is 1. The Labute approximate surface area is 105 Å². The molecule has 88 valence electrons. The van der Waals surface area contributed by atoms with E-state index in [1.807, 2.05) is 19.1 Å². The van der Waals surface area contributed by atoms with Crippen molar-refractivity contribution in [3.63, 3.8) is 0 Å². The van der Waals surface area contributed by atoms with E-state index < -0.39 is 5.69 Å². The largest absolute Gasteiger partial charge is 0.323 e. The SMILES string of the molecule is Cc1cccc(NC(=O)c2c[nH]c(=O)[nH]2)c1Br. The molecule has 0 bridgehead atoms. The van der Waals surface area contributed by atoms with Gasteiger partial charge in [-0.1, -0.05) is 12.1 Å². The van der Waals surface area contributed by atoms with E-state index in [2.05, 4.69) is 31.2 Å². The Kier molecular flexibility index (Phi) is 3.14. The van der Waals surface area contributed by atoms with Crippen molar-refractivity contribution in [3.8, 4) is 0 Å². The summed E-state index contributed by atoms with van der Waals surface area (Å²) < 4.78 is 0.825. The zero-order valence-corrected chi connectivity index (χ0v) is 10.6. The maximum absolute atomic E-state index is 11.8. The van der Waals surface area contributed by atoms with Gasteiger partial charge in [-0.15, -0.1) is 0 Å². The first-order chi connectivity index (χ1) is 8.08. The van der Waals surface area contributed by atoms with Crippen LogP contribution in [0.5, 0.6) is 0 Å². The van der Waals surface area contributed by atoms with Crippen molar-refractivity contribution in [2.45, 2.75) is 6.92 Å². The third-order valence-corrected chi connectivity index (χ3v) is 3.33. The third kappa shape index (κ3) is 2.47. The summed E-state index contributed by atoms with van der Waals surface area (Å²) in [6.45, 7) is 1.93. The number of halogens is 1. The number of aryl methyl sites for hydroxylation is 1. The van der Waals surface area contributed by atoms with Gasteiger partial charge in [0.05, 0.1) is 5.69 Å². The molecule has 17 heavy (non-hydrogen) atoms. The average Bonchev–Trinajstić information content (AvgIpc) is 2.72. The second kappa shape index (κ2) is 4.58. The maximum atomic E-state index is 11.8. The van der Waals surface area contributed by atoms with Crippen LogP contribution >= 0.6 is 15.9 Å². The van der Waals surface area contributed by atoms with Gasteiger partial charge in [-0.05, 0) is 34.5 Å². The Balaban J connectivity index is 2.24. The predicted molar refractivity (Wildman–Crippen MR) is 68.2 cm³/mol. The highest BCUT2D eigenvalue weighted by Gasteiger charge is 2.10. The smallest absolute Gasteiger partial charge is 0.320 e. The van der Waals surface area contributed by atoms with Crippen LogP contribution in [0.4, 0.5) is 5.69 Å². The van der Waals surface area contributed by atoms with Crippen molar-refractivity contribution >= 4 is 27.5 Å². The van der Waals surface area contributed by atoms with Gasteiger partial charge in [0.15, 0.2) is 0 Å². The maximum Gasteiger partial charge on any atom is 0.323 e. The van der Waals surface area contributed by atoms with E-state index >= 15 is 0 Å². The van der Waals surface area contributed by atoms with Gasteiger partial charge >= 0.3 is 5.69 Å². The average molecular weight is 296 g/mol. The molecule has 0 saturated carbocycles. The van der Waals surface area contributed by atoms with Crippen molar-refractivity contribution in [2.24, 2.45) is 0 Å². The van der Waals surface area contributed by atoms with E-state index in [-0.39, 0.29) is 11.6 Å². The lowest BCUT2D eigenvalue weighted by Gasteiger charge is -2.07. The zero-order valence-electron chi connectivity index (χ0n) is 9.00. The first-order valence-corrected chi connectivity index (χ1v) is 5.71. The molecule has 6 heteroatoms. The highest BCUT2D eigenvalue weighted by molar-refractivity contribution is 9.10. The van der Waals surface area contributed by atoms with Crippen LogP contribution in [0.2, 0.25) is 0 Å². The molecule has 0 unspecified atom stereocenters. The molecule has 2 aromatic rings. The molecule has 1 aromatic carbocycles. The Morgan fingerprint density at radius 2 is 2.18 bits per heavy atom. The van der Waals surface area contributed by atoms with E-state index in [4.69, 9.17) is 0 Å². The van der Waals surface area contributed by atoms with E-state index in [1.54, 1.807) is 6.07 Å². The number of hydrogen-bond donors (Lipinski definition) is 3. The second-order valence-electron chi connectivity index (χ2n) is 3.55. The number of aromatic amines is 2. The lowest BCUT2D eigenvalue weighted by molar-refractivity contribution is 0.102. The molecule has 0 fully saturated rings. The number of nitrogens with one attached hydrogen (secondary N) is 3. The van der Waals surface area contributed by atoms with Crippen LogP contribution in [0, 0.1) is 6.92 Å². The first kappa shape index (κ1) is 11.7. The fourth-order valence-electron chi connectivity index (χ4n) is 1.39. The normalized spacial score (nSPS) is 10.2. The van der Waals surface area contributed by atoms with Crippen molar-refractivity contribution < 1.29 is 4.79 Å². The Morgan fingerprint density at radius 1 is 1.41 bits per heavy atom. The van der Waals surface area contributed by atoms with Crippen LogP contribution in [0.1, 0.15) is 16.1 Å². The Morgan fingerprint density at radius 3 is 2.82 bits per heavy atom. The molecular formula is C11H10BrN3O2. The van der Waals surface area contributed by atoms with Crippen LogP contribution in [0.25, 0.3) is 0 Å². The summed E-state index contributed by atoms with van der Waals surface area (Å²) in [5.41, 5.74) is 1.48. The lowest BCUT2D eigenvalue weighted by atomic mass is 10.2. The number of rotatable bonds is 2. The predicted octanol–water partition coefficient (Wildman–Crippen LogP) is 2.03. The van der Waals surface area contributed by atoms with Crippen LogP contribution in [0.15, 0.2) is 33.7 Å². The summed E-state index contributed by atoms with van der Waals surface area (Å²) in [5.74, 6) is -0.366. The van der Waals surface area contributed by atoms with E-state index in [9.17, 15) is 9.59 Å². The zero-order chi connectivity index (χ0) is 12.4. The summed E-state index contributed by atoms with van der Waals surface area (Å²) >= 11 is 3.39. The number of H-pyrrole nitrogens is 2. The number of carbonyl (C=O) groups is 1. The number of benzene rings is 1. The fraction of sp³-hybridized carbons (Fsp3) is 0.0909. The van der Waals surface area contributed by atoms with Crippen LogP contribution in [0.3, 0.4) is 0 Å². The summed E-state index contributed by atoms with van der Waals surface area (Å²) in [6, 6.07) is 5.55. The van der Waals surface area contributed by atoms with Gasteiger partial charge in [0.25, 0.3) is 5.91 Å². The van der Waals surface area contributed by atoms with Crippen molar-refractivity contribution in [3.05, 3.63) is 50.6 Å². The first-order valence-electron chi connectivity index (χ1n) is 4.92. The molecule has 0 spiro atoms. The topological polar surface area (TPSA) is 77.8 Å². The fourth-order valence-corrected chi connectivity index (χ4v) is 1.75. The molecule has 1 amide bonds.